The van der Waals surface area contributed by atoms with E-state index in [0.29, 0.717) is 37.9 Å². The molecule has 202 valence electrons. The fourth-order valence-electron chi connectivity index (χ4n) is 5.64. The van der Waals surface area contributed by atoms with Gasteiger partial charge in [0.05, 0.1) is 59.8 Å². The zero-order valence-electron chi connectivity index (χ0n) is 21.6. The summed E-state index contributed by atoms with van der Waals surface area (Å²) in [4.78, 5) is 38.4. The molecule has 2 aliphatic carbocycles. The first-order valence-electron chi connectivity index (χ1n) is 13.7. The van der Waals surface area contributed by atoms with Gasteiger partial charge in [0.1, 0.15) is 19.8 Å². The summed E-state index contributed by atoms with van der Waals surface area (Å²) in [7, 11) is 0. The van der Waals surface area contributed by atoms with Crippen molar-refractivity contribution >= 4 is 17.9 Å². The lowest BCUT2D eigenvalue weighted by atomic mass is 9.88. The summed E-state index contributed by atoms with van der Waals surface area (Å²) in [5.41, 5.74) is -0.844. The largest absolute Gasteiger partial charge is 0.465 e. The number of rotatable bonds is 12. The van der Waals surface area contributed by atoms with Crippen LogP contribution in [0.5, 0.6) is 0 Å². The van der Waals surface area contributed by atoms with Crippen LogP contribution in [-0.2, 0) is 42.8 Å². The van der Waals surface area contributed by atoms with E-state index >= 15 is 0 Å². The van der Waals surface area contributed by atoms with Crippen LogP contribution in [0.15, 0.2) is 0 Å². The zero-order chi connectivity index (χ0) is 25.4. The van der Waals surface area contributed by atoms with E-state index < -0.39 is 5.41 Å². The molecule has 0 bridgehead atoms. The van der Waals surface area contributed by atoms with Crippen LogP contribution >= 0.6 is 0 Å². The van der Waals surface area contributed by atoms with Crippen LogP contribution in [0.4, 0.5) is 0 Å². The van der Waals surface area contributed by atoms with E-state index in [1.54, 1.807) is 0 Å². The predicted octanol–water partition coefficient (Wildman–Crippen LogP) is 2.96. The highest BCUT2D eigenvalue weighted by molar-refractivity contribution is 5.74. The number of fused-ring (bicyclic) bond motifs is 2. The van der Waals surface area contributed by atoms with Crippen LogP contribution in [0.2, 0.25) is 0 Å². The van der Waals surface area contributed by atoms with Crippen LogP contribution < -0.4 is 0 Å². The topological polar surface area (TPSA) is 116 Å². The lowest BCUT2D eigenvalue weighted by Gasteiger charge is -2.30. The van der Waals surface area contributed by atoms with Gasteiger partial charge in [0, 0.05) is 0 Å². The minimum atomic E-state index is -0.844. The van der Waals surface area contributed by atoms with Gasteiger partial charge < -0.3 is 28.4 Å². The molecule has 3 aliphatic heterocycles. The standard InChI is InChI=1S/C27H40O9/c1-4-16(9-21-15(2)34-21)24(28)31-12-27(3,13-32-25(29)17-5-7-19-22(10-17)35-19)14-33-26(30)18-6-8-20-23(11-18)36-20/h15-23H,4-14H2,1-3H3. The second-order valence-corrected chi connectivity index (χ2v) is 11.8. The van der Waals surface area contributed by atoms with E-state index in [-0.39, 0.29) is 79.9 Å². The van der Waals surface area contributed by atoms with E-state index in [1.165, 1.54) is 0 Å². The van der Waals surface area contributed by atoms with Crippen molar-refractivity contribution in [1.82, 2.24) is 0 Å². The van der Waals surface area contributed by atoms with Crippen molar-refractivity contribution < 1.29 is 42.8 Å². The fraction of sp³-hybridized carbons (Fsp3) is 0.889. The number of carbonyl (C=O) groups is 3. The second kappa shape index (κ2) is 10.6. The Labute approximate surface area is 212 Å². The molecule has 9 unspecified atom stereocenters. The van der Waals surface area contributed by atoms with Crippen molar-refractivity contribution in [3.05, 3.63) is 0 Å². The van der Waals surface area contributed by atoms with Gasteiger partial charge in [-0.2, -0.15) is 0 Å². The van der Waals surface area contributed by atoms with Crippen molar-refractivity contribution in [2.75, 3.05) is 19.8 Å². The molecule has 0 N–H and O–H groups in total. The Kier molecular flexibility index (Phi) is 7.61. The summed E-state index contributed by atoms with van der Waals surface area (Å²) in [5, 5.41) is 0. The van der Waals surface area contributed by atoms with Crippen molar-refractivity contribution in [3.8, 4) is 0 Å². The monoisotopic (exact) mass is 508 g/mol. The molecule has 3 heterocycles. The van der Waals surface area contributed by atoms with Crippen LogP contribution in [0, 0.1) is 23.2 Å². The number of esters is 3. The van der Waals surface area contributed by atoms with Gasteiger partial charge in [-0.15, -0.1) is 0 Å². The van der Waals surface area contributed by atoms with Gasteiger partial charge in [-0.3, -0.25) is 14.4 Å². The molecule has 5 aliphatic rings. The van der Waals surface area contributed by atoms with Gasteiger partial charge in [0.25, 0.3) is 0 Å². The highest BCUT2D eigenvalue weighted by atomic mass is 16.6. The number of hydrogen-bond donors (Lipinski definition) is 0. The van der Waals surface area contributed by atoms with Gasteiger partial charge in [-0.05, 0) is 65.2 Å². The zero-order valence-corrected chi connectivity index (χ0v) is 21.6. The van der Waals surface area contributed by atoms with E-state index in [0.717, 1.165) is 25.7 Å². The summed E-state index contributed by atoms with van der Waals surface area (Å²) in [5.74, 6) is -1.43. The van der Waals surface area contributed by atoms with E-state index in [2.05, 4.69) is 0 Å². The lowest BCUT2D eigenvalue weighted by Crippen LogP contribution is -2.39. The average Bonchev–Trinajstić information content (AvgIpc) is 3.78. The molecule has 0 aromatic carbocycles. The van der Waals surface area contributed by atoms with Crippen LogP contribution in [0.25, 0.3) is 0 Å². The Bertz CT molecular complexity index is 799. The minimum absolute atomic E-state index is 0.000917. The molecule has 5 fully saturated rings. The molecule has 9 atom stereocenters. The maximum absolute atomic E-state index is 12.8. The Morgan fingerprint density at radius 3 is 1.75 bits per heavy atom. The van der Waals surface area contributed by atoms with Crippen molar-refractivity contribution in [3.63, 3.8) is 0 Å². The number of carbonyl (C=O) groups excluding carboxylic acids is 3. The highest BCUT2D eigenvalue weighted by Crippen LogP contribution is 2.41. The van der Waals surface area contributed by atoms with Gasteiger partial charge in [-0.25, -0.2) is 0 Å². The molecule has 0 radical (unpaired) electrons. The van der Waals surface area contributed by atoms with Crippen LogP contribution in [0.3, 0.4) is 0 Å². The van der Waals surface area contributed by atoms with Gasteiger partial charge >= 0.3 is 17.9 Å². The minimum Gasteiger partial charge on any atom is -0.465 e. The van der Waals surface area contributed by atoms with E-state index in [1.807, 2.05) is 20.8 Å². The van der Waals surface area contributed by atoms with Crippen LogP contribution in [-0.4, -0.2) is 74.4 Å². The molecule has 5 rings (SSSR count). The number of epoxide rings is 3. The Morgan fingerprint density at radius 2 is 1.31 bits per heavy atom. The second-order valence-electron chi connectivity index (χ2n) is 11.8. The highest BCUT2D eigenvalue weighted by Gasteiger charge is 2.48. The van der Waals surface area contributed by atoms with Gasteiger partial charge in [-0.1, -0.05) is 6.92 Å². The Balaban J connectivity index is 1.15. The molecule has 0 amide bonds. The van der Waals surface area contributed by atoms with Crippen molar-refractivity contribution in [1.29, 1.82) is 0 Å². The molecule has 36 heavy (non-hydrogen) atoms. The maximum atomic E-state index is 12.8. The first kappa shape index (κ1) is 25.9. The third-order valence-electron chi connectivity index (χ3n) is 8.54. The molecule has 0 spiro atoms. The van der Waals surface area contributed by atoms with Gasteiger partial charge in [0.2, 0.25) is 0 Å². The summed E-state index contributed by atoms with van der Waals surface area (Å²) in [6, 6.07) is 0. The summed E-state index contributed by atoms with van der Waals surface area (Å²) in [6.45, 7) is 5.80. The SMILES string of the molecule is CCC(CC1OC1C)C(=O)OCC(C)(COC(=O)C1CCC2OC2C1)COC(=O)C1CCC2OC2C1. The number of ether oxygens (including phenoxy) is 6. The lowest BCUT2D eigenvalue weighted by molar-refractivity contribution is -0.166. The first-order chi connectivity index (χ1) is 17.2. The summed E-state index contributed by atoms with van der Waals surface area (Å²) >= 11 is 0. The normalized spacial score (nSPS) is 38.4. The van der Waals surface area contributed by atoms with Crippen molar-refractivity contribution in [2.45, 2.75) is 109 Å². The number of hydrogen-bond acceptors (Lipinski definition) is 9. The maximum Gasteiger partial charge on any atom is 0.309 e. The first-order valence-corrected chi connectivity index (χ1v) is 13.7. The van der Waals surface area contributed by atoms with Crippen LogP contribution in [0.1, 0.15) is 72.1 Å². The van der Waals surface area contributed by atoms with E-state index in [9.17, 15) is 14.4 Å². The smallest absolute Gasteiger partial charge is 0.309 e. The average molecular weight is 509 g/mol. The van der Waals surface area contributed by atoms with Gasteiger partial charge in [0.15, 0.2) is 0 Å². The summed E-state index contributed by atoms with van der Waals surface area (Å²) < 4.78 is 33.7. The fourth-order valence-corrected chi connectivity index (χ4v) is 5.64. The Hall–Kier alpha value is -1.71. The molecule has 9 nitrogen and oxygen atoms in total. The predicted molar refractivity (Wildman–Crippen MR) is 126 cm³/mol. The van der Waals surface area contributed by atoms with Crippen molar-refractivity contribution in [2.24, 2.45) is 23.2 Å². The molecular formula is C27H40O9. The molecule has 3 saturated heterocycles. The molecule has 9 heteroatoms. The molecule has 0 aromatic rings. The molecule has 0 aromatic heterocycles. The summed E-state index contributed by atoms with van der Waals surface area (Å²) in [6.07, 6.45) is 7.21. The Morgan fingerprint density at radius 1 is 0.806 bits per heavy atom. The third-order valence-corrected chi connectivity index (χ3v) is 8.54. The van der Waals surface area contributed by atoms with E-state index in [4.69, 9.17) is 28.4 Å². The molecule has 2 saturated carbocycles. The quantitative estimate of drug-likeness (QED) is 0.223. The molecular weight excluding hydrogens is 468 g/mol. The third kappa shape index (κ3) is 6.40.